The summed E-state index contributed by atoms with van der Waals surface area (Å²) in [5, 5.41) is 7.17. The summed E-state index contributed by atoms with van der Waals surface area (Å²) in [5.41, 5.74) is 1.34. The van der Waals surface area contributed by atoms with E-state index in [2.05, 4.69) is 48.7 Å². The van der Waals surface area contributed by atoms with E-state index < -0.39 is 0 Å². The van der Waals surface area contributed by atoms with Gasteiger partial charge < -0.3 is 15.4 Å². The number of hydrogen-bond acceptors (Lipinski definition) is 2. The van der Waals surface area contributed by atoms with Crippen LogP contribution in [0.15, 0.2) is 30.3 Å². The number of rotatable bonds is 7. The van der Waals surface area contributed by atoms with Crippen LogP contribution in [0.3, 0.4) is 0 Å². The Labute approximate surface area is 121 Å². The first-order valence-corrected chi connectivity index (χ1v) is 7.03. The zero-order valence-electron chi connectivity index (χ0n) is 12.0. The minimum atomic E-state index is -0.0208. The molecule has 0 atom stereocenters. The quantitative estimate of drug-likeness (QED) is 0.594. The van der Waals surface area contributed by atoms with Crippen LogP contribution in [0, 0.1) is 0 Å². The molecule has 19 heavy (non-hydrogen) atoms. The van der Waals surface area contributed by atoms with E-state index in [4.69, 9.17) is 17.0 Å². The number of hydrogen-bond donors (Lipinski definition) is 2. The minimum absolute atomic E-state index is 0.0208. The summed E-state index contributed by atoms with van der Waals surface area (Å²) >= 11 is 5.27. The Morgan fingerprint density at radius 1 is 1.26 bits per heavy atom. The molecule has 0 aliphatic heterocycles. The summed E-state index contributed by atoms with van der Waals surface area (Å²) < 4.78 is 4.98. The Bertz CT molecular complexity index is 379. The highest BCUT2D eigenvalue weighted by atomic mass is 32.1. The highest BCUT2D eigenvalue weighted by Crippen LogP contribution is 2.13. The van der Waals surface area contributed by atoms with Crippen LogP contribution in [-0.2, 0) is 11.2 Å². The van der Waals surface area contributed by atoms with Gasteiger partial charge in [0.15, 0.2) is 5.11 Å². The molecule has 0 heterocycles. The van der Waals surface area contributed by atoms with Gasteiger partial charge in [-0.1, -0.05) is 30.3 Å². The van der Waals surface area contributed by atoms with Crippen molar-refractivity contribution in [1.29, 1.82) is 0 Å². The smallest absolute Gasteiger partial charge is 0.166 e. The van der Waals surface area contributed by atoms with Gasteiger partial charge in [0.25, 0.3) is 0 Å². The molecule has 0 bridgehead atoms. The Hall–Kier alpha value is -1.13. The normalized spacial score (nSPS) is 11.1. The Morgan fingerprint density at radius 3 is 2.58 bits per heavy atom. The van der Waals surface area contributed by atoms with Crippen LogP contribution in [0.2, 0.25) is 0 Å². The van der Waals surface area contributed by atoms with Crippen LogP contribution in [0.4, 0.5) is 0 Å². The van der Waals surface area contributed by atoms with Crippen molar-refractivity contribution in [3.63, 3.8) is 0 Å². The Balaban J connectivity index is 2.32. The number of thiocarbonyl (C=S) groups is 1. The van der Waals surface area contributed by atoms with Crippen LogP contribution < -0.4 is 10.6 Å². The summed E-state index contributed by atoms with van der Waals surface area (Å²) in [5.74, 6) is 0. The molecule has 0 aromatic heterocycles. The lowest BCUT2D eigenvalue weighted by molar-refractivity contribution is 0.203. The molecule has 0 radical (unpaired) electrons. The van der Waals surface area contributed by atoms with Gasteiger partial charge in [0.2, 0.25) is 0 Å². The Kier molecular flexibility index (Phi) is 6.81. The van der Waals surface area contributed by atoms with Crippen LogP contribution in [0.25, 0.3) is 0 Å². The lowest BCUT2D eigenvalue weighted by Gasteiger charge is -2.28. The molecule has 1 aromatic carbocycles. The monoisotopic (exact) mass is 280 g/mol. The third-order valence-electron chi connectivity index (χ3n) is 2.93. The second-order valence-electron chi connectivity index (χ2n) is 5.24. The lowest BCUT2D eigenvalue weighted by Crippen LogP contribution is -2.49. The maximum absolute atomic E-state index is 5.27. The van der Waals surface area contributed by atoms with E-state index in [1.807, 2.05) is 6.07 Å². The molecule has 0 amide bonds. The molecule has 0 spiro atoms. The fourth-order valence-corrected chi connectivity index (χ4v) is 2.16. The van der Waals surface area contributed by atoms with E-state index in [0.717, 1.165) is 19.4 Å². The predicted octanol–water partition coefficient (Wildman–Crippen LogP) is 2.51. The van der Waals surface area contributed by atoms with Gasteiger partial charge in [0.05, 0.1) is 6.61 Å². The molecule has 0 saturated heterocycles. The number of methoxy groups -OCH3 is 1. The standard InChI is InChI=1S/C15H24N2OS/c1-15(2,17-14(19)16-11-12-18-3)10-9-13-7-5-4-6-8-13/h4-8H,9-12H2,1-3H3,(H2,16,17,19). The first kappa shape index (κ1) is 15.9. The lowest BCUT2D eigenvalue weighted by atomic mass is 9.95. The van der Waals surface area contributed by atoms with Crippen LogP contribution in [-0.4, -0.2) is 30.9 Å². The molecule has 0 aliphatic rings. The van der Waals surface area contributed by atoms with Crippen molar-refractivity contribution < 1.29 is 4.74 Å². The van der Waals surface area contributed by atoms with Crippen molar-refractivity contribution in [2.75, 3.05) is 20.3 Å². The third-order valence-corrected chi connectivity index (χ3v) is 3.17. The summed E-state index contributed by atoms with van der Waals surface area (Å²) in [7, 11) is 1.68. The largest absolute Gasteiger partial charge is 0.383 e. The van der Waals surface area contributed by atoms with Crippen molar-refractivity contribution in [1.82, 2.24) is 10.6 Å². The van der Waals surface area contributed by atoms with E-state index in [0.29, 0.717) is 11.7 Å². The van der Waals surface area contributed by atoms with E-state index >= 15 is 0 Å². The topological polar surface area (TPSA) is 33.3 Å². The summed E-state index contributed by atoms with van der Waals surface area (Å²) in [6.07, 6.45) is 2.07. The molecule has 0 saturated carbocycles. The van der Waals surface area contributed by atoms with Gasteiger partial charge in [-0.25, -0.2) is 0 Å². The van der Waals surface area contributed by atoms with Crippen molar-refractivity contribution in [3.8, 4) is 0 Å². The van der Waals surface area contributed by atoms with Crippen molar-refractivity contribution in [3.05, 3.63) is 35.9 Å². The maximum atomic E-state index is 5.27. The molecule has 1 aromatic rings. The zero-order valence-corrected chi connectivity index (χ0v) is 12.8. The highest BCUT2D eigenvalue weighted by molar-refractivity contribution is 7.80. The molecule has 0 aliphatic carbocycles. The van der Waals surface area contributed by atoms with Gasteiger partial charge in [0.1, 0.15) is 0 Å². The SMILES string of the molecule is COCCNC(=S)NC(C)(C)CCc1ccccc1. The van der Waals surface area contributed by atoms with Crippen molar-refractivity contribution in [2.24, 2.45) is 0 Å². The number of aryl methyl sites for hydroxylation is 1. The summed E-state index contributed by atoms with van der Waals surface area (Å²) in [4.78, 5) is 0. The van der Waals surface area contributed by atoms with Gasteiger partial charge >= 0.3 is 0 Å². The molecule has 1 rings (SSSR count). The molecule has 4 heteroatoms. The zero-order chi connectivity index (χ0) is 14.1. The van der Waals surface area contributed by atoms with Crippen LogP contribution in [0.1, 0.15) is 25.8 Å². The van der Waals surface area contributed by atoms with Crippen molar-refractivity contribution in [2.45, 2.75) is 32.2 Å². The Morgan fingerprint density at radius 2 is 1.95 bits per heavy atom. The fourth-order valence-electron chi connectivity index (χ4n) is 1.78. The minimum Gasteiger partial charge on any atom is -0.383 e. The molecule has 2 N–H and O–H groups in total. The second-order valence-corrected chi connectivity index (χ2v) is 5.65. The van der Waals surface area contributed by atoms with E-state index in [1.165, 1.54) is 5.56 Å². The van der Waals surface area contributed by atoms with Crippen LogP contribution in [0.5, 0.6) is 0 Å². The summed E-state index contributed by atoms with van der Waals surface area (Å²) in [6, 6.07) is 10.5. The molecular weight excluding hydrogens is 256 g/mol. The van der Waals surface area contributed by atoms with E-state index in [9.17, 15) is 0 Å². The van der Waals surface area contributed by atoms with E-state index in [-0.39, 0.29) is 5.54 Å². The first-order valence-electron chi connectivity index (χ1n) is 6.62. The third kappa shape index (κ3) is 7.13. The highest BCUT2D eigenvalue weighted by Gasteiger charge is 2.18. The van der Waals surface area contributed by atoms with Gasteiger partial charge in [-0.15, -0.1) is 0 Å². The molecule has 0 fully saturated rings. The average Bonchev–Trinajstić information content (AvgIpc) is 2.37. The average molecular weight is 280 g/mol. The van der Waals surface area contributed by atoms with Crippen molar-refractivity contribution >= 4 is 17.3 Å². The maximum Gasteiger partial charge on any atom is 0.166 e. The van der Waals surface area contributed by atoms with E-state index in [1.54, 1.807) is 7.11 Å². The molecule has 3 nitrogen and oxygen atoms in total. The number of nitrogens with one attached hydrogen (secondary N) is 2. The van der Waals surface area contributed by atoms with Gasteiger partial charge in [0, 0.05) is 19.2 Å². The fraction of sp³-hybridized carbons (Fsp3) is 0.533. The van der Waals surface area contributed by atoms with Gasteiger partial charge in [-0.2, -0.15) is 0 Å². The number of ether oxygens (including phenoxy) is 1. The van der Waals surface area contributed by atoms with Gasteiger partial charge in [-0.05, 0) is 44.5 Å². The number of benzene rings is 1. The molecule has 0 unspecified atom stereocenters. The summed E-state index contributed by atoms with van der Waals surface area (Å²) in [6.45, 7) is 5.73. The molecule has 106 valence electrons. The predicted molar refractivity (Wildman–Crippen MR) is 84.5 cm³/mol. The first-order chi connectivity index (χ1) is 9.03. The van der Waals surface area contributed by atoms with Gasteiger partial charge in [-0.3, -0.25) is 0 Å². The van der Waals surface area contributed by atoms with Crippen LogP contribution >= 0.6 is 12.2 Å². The second kappa shape index (κ2) is 8.12. The molecular formula is C15H24N2OS.